The van der Waals surface area contributed by atoms with Crippen LogP contribution in [-0.4, -0.2) is 34.1 Å². The number of aromatic nitrogens is 3. The van der Waals surface area contributed by atoms with E-state index in [4.69, 9.17) is 5.73 Å². The molecule has 22 heavy (non-hydrogen) atoms. The second-order valence-electron chi connectivity index (χ2n) is 5.44. The van der Waals surface area contributed by atoms with E-state index in [1.54, 1.807) is 0 Å². The number of halogens is 3. The molecule has 1 unspecified atom stereocenters. The number of fused-ring (bicyclic) bond motifs is 1. The van der Waals surface area contributed by atoms with Crippen LogP contribution in [-0.2, 0) is 6.18 Å². The molecule has 0 aliphatic carbocycles. The minimum absolute atomic E-state index is 0.0633. The molecular weight excluding hydrogens is 295 g/mol. The van der Waals surface area contributed by atoms with Crippen LogP contribution in [0.3, 0.4) is 0 Å². The molecule has 2 aromatic heterocycles. The Labute approximate surface area is 125 Å². The van der Waals surface area contributed by atoms with Crippen LogP contribution in [0.2, 0.25) is 0 Å². The predicted molar refractivity (Wildman–Crippen MR) is 76.4 cm³/mol. The van der Waals surface area contributed by atoms with Gasteiger partial charge in [-0.2, -0.15) is 13.2 Å². The lowest BCUT2D eigenvalue weighted by molar-refractivity contribution is -0.141. The molecule has 8 heteroatoms. The molecule has 0 saturated carbocycles. The molecule has 0 amide bonds. The molecule has 3 heterocycles. The number of hydrogen-bond donors (Lipinski definition) is 1. The van der Waals surface area contributed by atoms with Crippen molar-refractivity contribution in [2.75, 3.05) is 18.0 Å². The van der Waals surface area contributed by atoms with Gasteiger partial charge in [0.05, 0.1) is 5.39 Å². The Balaban J connectivity index is 2.00. The summed E-state index contributed by atoms with van der Waals surface area (Å²) in [6.07, 6.45) is -0.513. The first-order chi connectivity index (χ1) is 10.4. The summed E-state index contributed by atoms with van der Waals surface area (Å²) in [5.74, 6) is 0.625. The third-order valence-electron chi connectivity index (χ3n) is 3.84. The highest BCUT2D eigenvalue weighted by molar-refractivity contribution is 5.86. The molecule has 1 aliphatic heterocycles. The Morgan fingerprint density at radius 2 is 1.95 bits per heavy atom. The van der Waals surface area contributed by atoms with E-state index in [2.05, 4.69) is 15.0 Å². The number of hydrogen-bond acceptors (Lipinski definition) is 5. The number of nitrogens with zero attached hydrogens (tertiary/aromatic N) is 4. The van der Waals surface area contributed by atoms with E-state index in [1.165, 1.54) is 12.4 Å². The van der Waals surface area contributed by atoms with E-state index in [-0.39, 0.29) is 11.7 Å². The van der Waals surface area contributed by atoms with Gasteiger partial charge in [-0.15, -0.1) is 0 Å². The Hall–Kier alpha value is -1.96. The van der Waals surface area contributed by atoms with Gasteiger partial charge in [-0.3, -0.25) is 0 Å². The summed E-state index contributed by atoms with van der Waals surface area (Å²) in [6, 6.07) is 2.53. The maximum absolute atomic E-state index is 12.7. The molecule has 1 fully saturated rings. The SMILES string of the molecule is NC1CCCN(c2ncnc3nc(C(F)(F)F)ccc23)CC1. The summed E-state index contributed by atoms with van der Waals surface area (Å²) in [6.45, 7) is 1.51. The minimum Gasteiger partial charge on any atom is -0.356 e. The van der Waals surface area contributed by atoms with E-state index >= 15 is 0 Å². The summed E-state index contributed by atoms with van der Waals surface area (Å²) in [5.41, 5.74) is 5.08. The van der Waals surface area contributed by atoms with Crippen molar-refractivity contribution >= 4 is 16.9 Å². The van der Waals surface area contributed by atoms with Gasteiger partial charge in [0.15, 0.2) is 5.65 Å². The summed E-state index contributed by atoms with van der Waals surface area (Å²) in [5, 5.41) is 0.533. The smallest absolute Gasteiger partial charge is 0.356 e. The number of alkyl halides is 3. The van der Waals surface area contributed by atoms with Crippen LogP contribution in [0.15, 0.2) is 18.5 Å². The third kappa shape index (κ3) is 2.96. The van der Waals surface area contributed by atoms with Crippen molar-refractivity contribution in [2.45, 2.75) is 31.5 Å². The van der Waals surface area contributed by atoms with E-state index in [0.29, 0.717) is 11.2 Å². The number of rotatable bonds is 1. The monoisotopic (exact) mass is 311 g/mol. The van der Waals surface area contributed by atoms with E-state index in [1.807, 2.05) is 4.90 Å². The zero-order chi connectivity index (χ0) is 15.7. The molecular formula is C14H16F3N5. The molecule has 2 aromatic rings. The average Bonchev–Trinajstić information content (AvgIpc) is 2.70. The van der Waals surface area contributed by atoms with Crippen LogP contribution in [0.5, 0.6) is 0 Å². The van der Waals surface area contributed by atoms with Crippen molar-refractivity contribution in [1.82, 2.24) is 15.0 Å². The highest BCUT2D eigenvalue weighted by atomic mass is 19.4. The number of anilines is 1. The summed E-state index contributed by atoms with van der Waals surface area (Å²) in [7, 11) is 0. The van der Waals surface area contributed by atoms with Gasteiger partial charge in [0.25, 0.3) is 0 Å². The Kier molecular flexibility index (Phi) is 3.86. The molecule has 0 spiro atoms. The van der Waals surface area contributed by atoms with Crippen LogP contribution in [0.1, 0.15) is 25.0 Å². The zero-order valence-electron chi connectivity index (χ0n) is 11.8. The molecule has 1 saturated heterocycles. The van der Waals surface area contributed by atoms with E-state index in [9.17, 15) is 13.2 Å². The Morgan fingerprint density at radius 1 is 1.14 bits per heavy atom. The van der Waals surface area contributed by atoms with Crippen molar-refractivity contribution in [3.05, 3.63) is 24.2 Å². The number of nitrogens with two attached hydrogens (primary N) is 1. The zero-order valence-corrected chi connectivity index (χ0v) is 11.8. The van der Waals surface area contributed by atoms with Crippen molar-refractivity contribution < 1.29 is 13.2 Å². The molecule has 0 radical (unpaired) electrons. The second-order valence-corrected chi connectivity index (χ2v) is 5.44. The van der Waals surface area contributed by atoms with Crippen LogP contribution in [0.4, 0.5) is 19.0 Å². The molecule has 1 atom stereocenters. The van der Waals surface area contributed by atoms with Gasteiger partial charge in [-0.05, 0) is 31.4 Å². The van der Waals surface area contributed by atoms with Crippen LogP contribution < -0.4 is 10.6 Å². The van der Waals surface area contributed by atoms with E-state index in [0.717, 1.165) is 38.4 Å². The first-order valence-corrected chi connectivity index (χ1v) is 7.14. The lowest BCUT2D eigenvalue weighted by Gasteiger charge is -2.22. The van der Waals surface area contributed by atoms with Gasteiger partial charge in [0.1, 0.15) is 17.8 Å². The summed E-state index contributed by atoms with van der Waals surface area (Å²) in [4.78, 5) is 13.8. The lowest BCUT2D eigenvalue weighted by atomic mass is 10.1. The minimum atomic E-state index is -4.48. The standard InChI is InChI=1S/C14H16F3N5/c15-14(16,17)11-4-3-10-12(21-11)19-8-20-13(10)22-6-1-2-9(18)5-7-22/h3-4,8-9H,1-2,5-7,18H2. The molecule has 0 bridgehead atoms. The maximum Gasteiger partial charge on any atom is 0.433 e. The Bertz CT molecular complexity index is 673. The first-order valence-electron chi connectivity index (χ1n) is 7.14. The van der Waals surface area contributed by atoms with E-state index < -0.39 is 11.9 Å². The fourth-order valence-electron chi connectivity index (χ4n) is 2.67. The second kappa shape index (κ2) is 5.68. The number of pyridine rings is 1. The highest BCUT2D eigenvalue weighted by Gasteiger charge is 2.33. The van der Waals surface area contributed by atoms with Gasteiger partial charge in [0.2, 0.25) is 0 Å². The lowest BCUT2D eigenvalue weighted by Crippen LogP contribution is -2.27. The average molecular weight is 311 g/mol. The Morgan fingerprint density at radius 3 is 2.73 bits per heavy atom. The normalized spacial score (nSPS) is 20.2. The highest BCUT2D eigenvalue weighted by Crippen LogP contribution is 2.30. The maximum atomic E-state index is 12.7. The van der Waals surface area contributed by atoms with Crippen molar-refractivity contribution in [2.24, 2.45) is 5.73 Å². The summed E-state index contributed by atoms with van der Waals surface area (Å²) < 4.78 is 38.2. The molecule has 0 aromatic carbocycles. The molecule has 5 nitrogen and oxygen atoms in total. The molecule has 2 N–H and O–H groups in total. The van der Waals surface area contributed by atoms with Crippen LogP contribution >= 0.6 is 0 Å². The largest absolute Gasteiger partial charge is 0.433 e. The van der Waals surface area contributed by atoms with Gasteiger partial charge in [0, 0.05) is 19.1 Å². The molecule has 118 valence electrons. The molecule has 1 aliphatic rings. The van der Waals surface area contributed by atoms with Crippen molar-refractivity contribution in [1.29, 1.82) is 0 Å². The fourth-order valence-corrected chi connectivity index (χ4v) is 2.67. The molecule has 3 rings (SSSR count). The quantitative estimate of drug-likeness (QED) is 0.875. The van der Waals surface area contributed by atoms with Gasteiger partial charge in [-0.25, -0.2) is 15.0 Å². The van der Waals surface area contributed by atoms with Crippen molar-refractivity contribution in [3.8, 4) is 0 Å². The fraction of sp³-hybridized carbons (Fsp3) is 0.500. The van der Waals surface area contributed by atoms with Crippen LogP contribution in [0, 0.1) is 0 Å². The van der Waals surface area contributed by atoms with Gasteiger partial charge >= 0.3 is 6.18 Å². The van der Waals surface area contributed by atoms with Gasteiger partial charge < -0.3 is 10.6 Å². The predicted octanol–water partition coefficient (Wildman–Crippen LogP) is 2.36. The van der Waals surface area contributed by atoms with Crippen LogP contribution in [0.25, 0.3) is 11.0 Å². The topological polar surface area (TPSA) is 67.9 Å². The summed E-state index contributed by atoms with van der Waals surface area (Å²) >= 11 is 0. The van der Waals surface area contributed by atoms with Crippen molar-refractivity contribution in [3.63, 3.8) is 0 Å². The van der Waals surface area contributed by atoms with Gasteiger partial charge in [-0.1, -0.05) is 0 Å². The first kappa shape index (κ1) is 15.0. The third-order valence-corrected chi connectivity index (χ3v) is 3.84.